The molecule has 3 N–H and O–H groups in total. The molecule has 0 bridgehead atoms. The molecule has 1 atom stereocenters. The van der Waals surface area contributed by atoms with Gasteiger partial charge in [-0.05, 0) is 25.0 Å². The number of amides is 1. The van der Waals surface area contributed by atoms with E-state index >= 15 is 0 Å². The van der Waals surface area contributed by atoms with Crippen LogP contribution in [0.4, 0.5) is 11.4 Å². The Balaban J connectivity index is 2.32. The van der Waals surface area contributed by atoms with Crippen LogP contribution in [0.3, 0.4) is 0 Å². The fraction of sp³-hybridized carbons (Fsp3) is 0.385. The molecule has 8 heteroatoms. The monoisotopic (exact) mass is 293 g/mol. The third-order valence-corrected chi connectivity index (χ3v) is 3.60. The van der Waals surface area contributed by atoms with E-state index in [0.717, 1.165) is 6.42 Å². The van der Waals surface area contributed by atoms with Gasteiger partial charge < -0.3 is 15.7 Å². The number of hydrogen-bond donors (Lipinski definition) is 2. The molecule has 1 heterocycles. The van der Waals surface area contributed by atoms with E-state index in [1.54, 1.807) is 0 Å². The van der Waals surface area contributed by atoms with Crippen molar-refractivity contribution in [3.63, 3.8) is 0 Å². The minimum Gasteiger partial charge on any atom is -0.477 e. The lowest BCUT2D eigenvalue weighted by atomic mass is 9.97. The number of anilines is 1. The number of carboxylic acid groups (broad SMARTS) is 1. The SMILES string of the molecule is NC(=O)C1CCCN(c2ccc(C(=O)O)c([N+](=O)[O-])c2)C1. The molecule has 1 fully saturated rings. The van der Waals surface area contributed by atoms with Gasteiger partial charge in [-0.25, -0.2) is 4.79 Å². The Morgan fingerprint density at radius 1 is 1.43 bits per heavy atom. The average Bonchev–Trinajstić information content (AvgIpc) is 2.46. The van der Waals surface area contributed by atoms with Gasteiger partial charge in [-0.1, -0.05) is 0 Å². The number of carbonyl (C=O) groups is 2. The smallest absolute Gasteiger partial charge is 0.342 e. The summed E-state index contributed by atoms with van der Waals surface area (Å²) in [5, 5.41) is 19.9. The number of nitrogens with zero attached hydrogens (tertiary/aromatic N) is 2. The van der Waals surface area contributed by atoms with Crippen LogP contribution in [0, 0.1) is 16.0 Å². The lowest BCUT2D eigenvalue weighted by Gasteiger charge is -2.32. The number of primary amides is 1. The van der Waals surface area contributed by atoms with Crippen molar-refractivity contribution in [2.75, 3.05) is 18.0 Å². The molecule has 1 amide bonds. The maximum absolute atomic E-state index is 11.3. The number of nitro groups is 1. The summed E-state index contributed by atoms with van der Waals surface area (Å²) in [4.78, 5) is 34.3. The van der Waals surface area contributed by atoms with Crippen LogP contribution in [0.2, 0.25) is 0 Å². The first kappa shape index (κ1) is 14.8. The van der Waals surface area contributed by atoms with Crippen molar-refractivity contribution in [3.8, 4) is 0 Å². The van der Waals surface area contributed by atoms with Crippen molar-refractivity contribution in [1.82, 2.24) is 0 Å². The molecule has 0 aromatic heterocycles. The van der Waals surface area contributed by atoms with Crippen LogP contribution in [0.15, 0.2) is 18.2 Å². The third-order valence-electron chi connectivity index (χ3n) is 3.60. The van der Waals surface area contributed by atoms with Gasteiger partial charge in [0, 0.05) is 24.8 Å². The summed E-state index contributed by atoms with van der Waals surface area (Å²) < 4.78 is 0. The topological polar surface area (TPSA) is 127 Å². The normalized spacial score (nSPS) is 18.3. The van der Waals surface area contributed by atoms with Gasteiger partial charge in [0.05, 0.1) is 10.8 Å². The molecule has 1 aromatic carbocycles. The minimum atomic E-state index is -1.35. The van der Waals surface area contributed by atoms with E-state index in [-0.39, 0.29) is 11.5 Å². The molecule has 0 spiro atoms. The lowest BCUT2D eigenvalue weighted by Crippen LogP contribution is -2.41. The average molecular weight is 293 g/mol. The van der Waals surface area contributed by atoms with Gasteiger partial charge in [-0.15, -0.1) is 0 Å². The van der Waals surface area contributed by atoms with Gasteiger partial charge in [-0.3, -0.25) is 14.9 Å². The summed E-state index contributed by atoms with van der Waals surface area (Å²) in [6.45, 7) is 1.03. The van der Waals surface area contributed by atoms with Gasteiger partial charge in [-0.2, -0.15) is 0 Å². The van der Waals surface area contributed by atoms with Gasteiger partial charge in [0.15, 0.2) is 0 Å². The van der Waals surface area contributed by atoms with Gasteiger partial charge in [0.25, 0.3) is 5.69 Å². The largest absolute Gasteiger partial charge is 0.477 e. The fourth-order valence-corrected chi connectivity index (χ4v) is 2.49. The first-order chi connectivity index (χ1) is 9.90. The molecular formula is C13H15N3O5. The summed E-state index contributed by atoms with van der Waals surface area (Å²) in [6, 6.07) is 3.95. The summed E-state index contributed by atoms with van der Waals surface area (Å²) in [5.74, 6) is -2.03. The van der Waals surface area contributed by atoms with Gasteiger partial charge in [0.1, 0.15) is 5.56 Å². The summed E-state index contributed by atoms with van der Waals surface area (Å²) >= 11 is 0. The Labute approximate surface area is 120 Å². The van der Waals surface area contributed by atoms with E-state index in [1.807, 2.05) is 4.90 Å². The zero-order valence-electron chi connectivity index (χ0n) is 11.2. The van der Waals surface area contributed by atoms with Crippen LogP contribution in [-0.2, 0) is 4.79 Å². The quantitative estimate of drug-likeness (QED) is 0.629. The molecule has 1 unspecified atom stereocenters. The molecule has 1 saturated heterocycles. The Bertz CT molecular complexity index is 601. The summed E-state index contributed by atoms with van der Waals surface area (Å²) in [6.07, 6.45) is 1.45. The van der Waals surface area contributed by atoms with E-state index in [1.165, 1.54) is 18.2 Å². The number of nitrogens with two attached hydrogens (primary N) is 1. The van der Waals surface area contributed by atoms with Crippen LogP contribution in [-0.4, -0.2) is 35.0 Å². The highest BCUT2D eigenvalue weighted by Gasteiger charge is 2.26. The Morgan fingerprint density at radius 2 is 2.14 bits per heavy atom. The number of nitro benzene ring substituents is 1. The highest BCUT2D eigenvalue weighted by molar-refractivity contribution is 5.93. The molecule has 0 radical (unpaired) electrons. The second-order valence-corrected chi connectivity index (χ2v) is 4.95. The second kappa shape index (κ2) is 5.78. The van der Waals surface area contributed by atoms with Crippen molar-refractivity contribution in [3.05, 3.63) is 33.9 Å². The van der Waals surface area contributed by atoms with Gasteiger partial charge in [0.2, 0.25) is 5.91 Å². The number of benzene rings is 1. The molecule has 1 aromatic rings. The van der Waals surface area contributed by atoms with E-state index in [0.29, 0.717) is 25.2 Å². The number of carboxylic acids is 1. The van der Waals surface area contributed by atoms with Crippen molar-refractivity contribution < 1.29 is 19.6 Å². The predicted octanol–water partition coefficient (Wildman–Crippen LogP) is 0.995. The number of rotatable bonds is 4. The molecule has 21 heavy (non-hydrogen) atoms. The lowest BCUT2D eigenvalue weighted by molar-refractivity contribution is -0.385. The molecule has 112 valence electrons. The predicted molar refractivity (Wildman–Crippen MR) is 74.2 cm³/mol. The van der Waals surface area contributed by atoms with Crippen molar-refractivity contribution >= 4 is 23.3 Å². The highest BCUT2D eigenvalue weighted by Crippen LogP contribution is 2.29. The summed E-state index contributed by atoms with van der Waals surface area (Å²) in [5.41, 5.74) is 5.01. The zero-order valence-corrected chi connectivity index (χ0v) is 11.2. The number of carbonyl (C=O) groups excluding carboxylic acids is 1. The molecular weight excluding hydrogens is 278 g/mol. The van der Waals surface area contributed by atoms with E-state index in [4.69, 9.17) is 10.8 Å². The Kier molecular flexibility index (Phi) is 4.06. The van der Waals surface area contributed by atoms with E-state index in [2.05, 4.69) is 0 Å². The van der Waals surface area contributed by atoms with Crippen molar-refractivity contribution in [2.45, 2.75) is 12.8 Å². The first-order valence-electron chi connectivity index (χ1n) is 6.46. The van der Waals surface area contributed by atoms with Crippen LogP contribution in [0.1, 0.15) is 23.2 Å². The van der Waals surface area contributed by atoms with Crippen molar-refractivity contribution in [2.24, 2.45) is 11.7 Å². The minimum absolute atomic E-state index is 0.294. The fourth-order valence-electron chi connectivity index (χ4n) is 2.49. The van der Waals surface area contributed by atoms with Crippen LogP contribution >= 0.6 is 0 Å². The Hall–Kier alpha value is -2.64. The van der Waals surface area contributed by atoms with Crippen molar-refractivity contribution in [1.29, 1.82) is 0 Å². The molecule has 1 aliphatic rings. The molecule has 2 rings (SSSR count). The third kappa shape index (κ3) is 3.10. The number of aromatic carboxylic acids is 1. The van der Waals surface area contributed by atoms with E-state index < -0.39 is 22.5 Å². The maximum Gasteiger partial charge on any atom is 0.342 e. The standard InChI is InChI=1S/C13H15N3O5/c14-12(17)8-2-1-5-15(7-8)9-3-4-10(13(18)19)11(6-9)16(20)21/h3-4,6,8H,1-2,5,7H2,(H2,14,17)(H,18,19). The van der Waals surface area contributed by atoms with E-state index in [9.17, 15) is 19.7 Å². The second-order valence-electron chi connectivity index (χ2n) is 4.95. The molecule has 8 nitrogen and oxygen atoms in total. The Morgan fingerprint density at radius 3 is 2.71 bits per heavy atom. The molecule has 0 saturated carbocycles. The highest BCUT2D eigenvalue weighted by atomic mass is 16.6. The maximum atomic E-state index is 11.3. The van der Waals surface area contributed by atoms with Crippen LogP contribution in [0.5, 0.6) is 0 Å². The van der Waals surface area contributed by atoms with Gasteiger partial charge >= 0.3 is 5.97 Å². The summed E-state index contributed by atoms with van der Waals surface area (Å²) in [7, 11) is 0. The molecule has 0 aliphatic carbocycles. The number of hydrogen-bond acceptors (Lipinski definition) is 5. The van der Waals surface area contributed by atoms with Crippen LogP contribution < -0.4 is 10.6 Å². The molecule has 1 aliphatic heterocycles. The number of piperidine rings is 1. The first-order valence-corrected chi connectivity index (χ1v) is 6.46. The van der Waals surface area contributed by atoms with Crippen LogP contribution in [0.25, 0.3) is 0 Å². The zero-order chi connectivity index (χ0) is 15.6.